The number of aromatic amines is 1. The molecule has 0 aliphatic rings. The lowest BCUT2D eigenvalue weighted by molar-refractivity contribution is 0.602. The molecule has 0 spiro atoms. The average Bonchev–Trinajstić information content (AvgIpc) is 2.37. The van der Waals surface area contributed by atoms with E-state index in [0.29, 0.717) is 28.7 Å². The Morgan fingerprint density at radius 1 is 1.42 bits per heavy atom. The molecule has 0 atom stereocenters. The van der Waals surface area contributed by atoms with Crippen molar-refractivity contribution < 1.29 is 4.39 Å². The zero-order chi connectivity index (χ0) is 13.7. The highest BCUT2D eigenvalue weighted by Gasteiger charge is 2.05. The van der Waals surface area contributed by atoms with Crippen LogP contribution in [-0.2, 0) is 12.3 Å². The molecule has 0 radical (unpaired) electrons. The molecule has 0 saturated carbocycles. The summed E-state index contributed by atoms with van der Waals surface area (Å²) in [7, 11) is 1.79. The standard InChI is InChI=1S/C13H14FN3OS/c1-15-7-9-6-13(18)17-12(16-9)8-19-11-5-3-2-4-10(11)14/h2-6,15H,7-8H2,1H3,(H,16,17,18). The van der Waals surface area contributed by atoms with Gasteiger partial charge >= 0.3 is 0 Å². The maximum absolute atomic E-state index is 13.4. The second-order valence-corrected chi connectivity index (χ2v) is 4.95. The Hall–Kier alpha value is -1.66. The van der Waals surface area contributed by atoms with E-state index in [1.54, 1.807) is 25.2 Å². The Bertz CT molecular complexity index is 615. The van der Waals surface area contributed by atoms with E-state index in [1.807, 2.05) is 0 Å². The number of thioether (sulfide) groups is 1. The van der Waals surface area contributed by atoms with Crippen LogP contribution in [0, 0.1) is 5.82 Å². The van der Waals surface area contributed by atoms with Crippen molar-refractivity contribution in [3.63, 3.8) is 0 Å². The smallest absolute Gasteiger partial charge is 0.251 e. The van der Waals surface area contributed by atoms with Gasteiger partial charge in [-0.25, -0.2) is 9.37 Å². The number of hydrogen-bond donors (Lipinski definition) is 2. The number of H-pyrrole nitrogens is 1. The third-order valence-electron chi connectivity index (χ3n) is 2.40. The van der Waals surface area contributed by atoms with Crippen LogP contribution in [0.4, 0.5) is 4.39 Å². The van der Waals surface area contributed by atoms with E-state index in [1.165, 1.54) is 23.9 Å². The first kappa shape index (κ1) is 13.8. The van der Waals surface area contributed by atoms with Gasteiger partial charge in [0, 0.05) is 17.5 Å². The van der Waals surface area contributed by atoms with E-state index in [-0.39, 0.29) is 11.4 Å². The lowest BCUT2D eigenvalue weighted by Crippen LogP contribution is -2.16. The Labute approximate surface area is 114 Å². The van der Waals surface area contributed by atoms with Gasteiger partial charge in [-0.3, -0.25) is 4.79 Å². The highest BCUT2D eigenvalue weighted by atomic mass is 32.2. The van der Waals surface area contributed by atoms with Gasteiger partial charge in [-0.1, -0.05) is 12.1 Å². The van der Waals surface area contributed by atoms with Crippen molar-refractivity contribution in [2.45, 2.75) is 17.2 Å². The van der Waals surface area contributed by atoms with Gasteiger partial charge in [-0.15, -0.1) is 11.8 Å². The minimum absolute atomic E-state index is 0.190. The van der Waals surface area contributed by atoms with Gasteiger partial charge in [0.25, 0.3) is 5.56 Å². The number of nitrogens with one attached hydrogen (secondary N) is 2. The van der Waals surface area contributed by atoms with Gasteiger partial charge in [0.1, 0.15) is 11.6 Å². The van der Waals surface area contributed by atoms with Crippen LogP contribution in [0.2, 0.25) is 0 Å². The van der Waals surface area contributed by atoms with Gasteiger partial charge in [0.05, 0.1) is 11.4 Å². The van der Waals surface area contributed by atoms with Crippen molar-refractivity contribution in [2.24, 2.45) is 0 Å². The molecule has 0 fully saturated rings. The van der Waals surface area contributed by atoms with Crippen LogP contribution < -0.4 is 10.9 Å². The first-order valence-corrected chi connectivity index (χ1v) is 6.78. The van der Waals surface area contributed by atoms with Gasteiger partial charge < -0.3 is 10.3 Å². The fourth-order valence-corrected chi connectivity index (χ4v) is 2.42. The van der Waals surface area contributed by atoms with Gasteiger partial charge in [0.2, 0.25) is 0 Å². The van der Waals surface area contributed by atoms with Crippen LogP contribution in [0.1, 0.15) is 11.5 Å². The van der Waals surface area contributed by atoms with Crippen molar-refractivity contribution in [1.29, 1.82) is 0 Å². The zero-order valence-corrected chi connectivity index (χ0v) is 11.3. The Morgan fingerprint density at radius 2 is 2.21 bits per heavy atom. The lowest BCUT2D eigenvalue weighted by Gasteiger charge is -2.04. The normalized spacial score (nSPS) is 10.6. The molecular weight excluding hydrogens is 265 g/mol. The molecule has 1 aromatic carbocycles. The van der Waals surface area contributed by atoms with E-state index in [4.69, 9.17) is 0 Å². The van der Waals surface area contributed by atoms with Gasteiger partial charge in [-0.2, -0.15) is 0 Å². The number of nitrogens with zero attached hydrogens (tertiary/aromatic N) is 1. The third kappa shape index (κ3) is 3.90. The Morgan fingerprint density at radius 3 is 2.95 bits per heavy atom. The predicted molar refractivity (Wildman–Crippen MR) is 73.6 cm³/mol. The molecule has 19 heavy (non-hydrogen) atoms. The summed E-state index contributed by atoms with van der Waals surface area (Å²) in [5, 5.41) is 2.94. The molecule has 4 nitrogen and oxygen atoms in total. The molecule has 1 aromatic heterocycles. The molecule has 0 saturated heterocycles. The molecule has 2 N–H and O–H groups in total. The molecule has 2 aromatic rings. The average molecular weight is 279 g/mol. The lowest BCUT2D eigenvalue weighted by atomic mass is 10.3. The van der Waals surface area contributed by atoms with Gasteiger partial charge in [0.15, 0.2) is 0 Å². The largest absolute Gasteiger partial charge is 0.314 e. The quantitative estimate of drug-likeness (QED) is 0.821. The number of halogens is 1. The van der Waals surface area contributed by atoms with Crippen molar-refractivity contribution in [3.05, 3.63) is 58.0 Å². The Balaban J connectivity index is 2.11. The summed E-state index contributed by atoms with van der Waals surface area (Å²) in [6, 6.07) is 7.99. The second-order valence-electron chi connectivity index (χ2n) is 3.93. The maximum Gasteiger partial charge on any atom is 0.251 e. The summed E-state index contributed by atoms with van der Waals surface area (Å²) in [6.45, 7) is 0.529. The SMILES string of the molecule is CNCc1cc(=O)[nH]c(CSc2ccccc2F)n1. The molecule has 2 rings (SSSR count). The van der Waals surface area contributed by atoms with Crippen LogP contribution >= 0.6 is 11.8 Å². The van der Waals surface area contributed by atoms with Crippen molar-refractivity contribution in [1.82, 2.24) is 15.3 Å². The molecule has 0 bridgehead atoms. The number of hydrogen-bond acceptors (Lipinski definition) is 4. The fraction of sp³-hybridized carbons (Fsp3) is 0.231. The summed E-state index contributed by atoms with van der Waals surface area (Å²) < 4.78 is 13.4. The van der Waals surface area contributed by atoms with Crippen LogP contribution in [0.3, 0.4) is 0 Å². The van der Waals surface area contributed by atoms with Crippen LogP contribution in [0.25, 0.3) is 0 Å². The minimum Gasteiger partial charge on any atom is -0.314 e. The van der Waals surface area contributed by atoms with E-state index in [9.17, 15) is 9.18 Å². The molecule has 0 unspecified atom stereocenters. The summed E-state index contributed by atoms with van der Waals surface area (Å²) >= 11 is 1.31. The molecule has 1 heterocycles. The van der Waals surface area contributed by atoms with Gasteiger partial charge in [-0.05, 0) is 19.2 Å². The third-order valence-corrected chi connectivity index (χ3v) is 3.46. The second kappa shape index (κ2) is 6.49. The highest BCUT2D eigenvalue weighted by molar-refractivity contribution is 7.98. The van der Waals surface area contributed by atoms with Crippen molar-refractivity contribution in [3.8, 4) is 0 Å². The monoisotopic (exact) mass is 279 g/mol. The van der Waals surface area contributed by atoms with Crippen molar-refractivity contribution in [2.75, 3.05) is 7.05 Å². The highest BCUT2D eigenvalue weighted by Crippen LogP contribution is 2.23. The molecular formula is C13H14FN3OS. The first-order chi connectivity index (χ1) is 9.19. The van der Waals surface area contributed by atoms with Crippen LogP contribution in [0.5, 0.6) is 0 Å². The number of aromatic nitrogens is 2. The van der Waals surface area contributed by atoms with Crippen LogP contribution in [0.15, 0.2) is 40.0 Å². The fourth-order valence-electron chi connectivity index (χ4n) is 1.61. The predicted octanol–water partition coefficient (Wildman–Crippen LogP) is 1.92. The molecule has 0 amide bonds. The minimum atomic E-state index is -0.263. The summed E-state index contributed by atoms with van der Waals surface area (Å²) in [5.41, 5.74) is 0.486. The summed E-state index contributed by atoms with van der Waals surface area (Å²) in [5.74, 6) is 0.709. The Kier molecular flexibility index (Phi) is 4.70. The van der Waals surface area contributed by atoms with E-state index >= 15 is 0 Å². The van der Waals surface area contributed by atoms with E-state index in [0.717, 1.165) is 0 Å². The number of benzene rings is 1. The topological polar surface area (TPSA) is 57.8 Å². The summed E-state index contributed by atoms with van der Waals surface area (Å²) in [4.78, 5) is 19.0. The molecule has 0 aliphatic carbocycles. The number of rotatable bonds is 5. The molecule has 100 valence electrons. The first-order valence-electron chi connectivity index (χ1n) is 5.80. The zero-order valence-electron chi connectivity index (χ0n) is 10.4. The van der Waals surface area contributed by atoms with Crippen molar-refractivity contribution >= 4 is 11.8 Å². The summed E-state index contributed by atoms with van der Waals surface area (Å²) in [6.07, 6.45) is 0. The van der Waals surface area contributed by atoms with Crippen LogP contribution in [-0.4, -0.2) is 17.0 Å². The molecule has 0 aliphatic heterocycles. The maximum atomic E-state index is 13.4. The van der Waals surface area contributed by atoms with E-state index in [2.05, 4.69) is 15.3 Å². The van der Waals surface area contributed by atoms with E-state index < -0.39 is 0 Å². The molecule has 6 heteroatoms.